The van der Waals surface area contributed by atoms with E-state index in [9.17, 15) is 22.4 Å². The molecule has 3 nitrogen and oxygen atoms in total. The topological polar surface area (TPSA) is 52.9 Å². The highest BCUT2D eigenvalue weighted by Gasteiger charge is 2.45. The Morgan fingerprint density at radius 1 is 1.54 bits per heavy atom. The van der Waals surface area contributed by atoms with E-state index in [1.54, 1.807) is 5.32 Å². The van der Waals surface area contributed by atoms with Gasteiger partial charge in [-0.3, -0.25) is 4.79 Å². The van der Waals surface area contributed by atoms with Crippen molar-refractivity contribution in [2.24, 2.45) is 0 Å². The zero-order valence-electron chi connectivity index (χ0n) is 6.52. The Morgan fingerprint density at radius 3 is 2.31 bits per heavy atom. The quantitative estimate of drug-likeness (QED) is 0.670. The molecule has 0 spiro atoms. The molecule has 0 bridgehead atoms. The first kappa shape index (κ1) is 11.7. The third kappa shape index (κ3) is 3.73. The van der Waals surface area contributed by atoms with Crippen molar-refractivity contribution in [1.29, 1.82) is 5.26 Å². The molecule has 0 aliphatic rings. The molecule has 0 aliphatic heterocycles. The van der Waals surface area contributed by atoms with Gasteiger partial charge >= 0.3 is 6.18 Å². The zero-order valence-corrected chi connectivity index (χ0v) is 6.52. The van der Waals surface area contributed by atoms with Gasteiger partial charge in [-0.1, -0.05) is 0 Å². The standard InChI is InChI=1S/C6H6F4N2O/c1-3(2-11)12-5(13)4(7)6(8,9)10/h3-4H,1H3,(H,12,13)/t3-,4?/m1/s1. The van der Waals surface area contributed by atoms with Crippen LogP contribution in [-0.4, -0.2) is 24.3 Å². The van der Waals surface area contributed by atoms with Crippen LogP contribution in [0.3, 0.4) is 0 Å². The molecular formula is C6H6F4N2O. The molecule has 0 heterocycles. The second kappa shape index (κ2) is 4.07. The van der Waals surface area contributed by atoms with Crippen molar-refractivity contribution in [2.45, 2.75) is 25.3 Å². The number of halogens is 4. The number of alkyl halides is 4. The van der Waals surface area contributed by atoms with Gasteiger partial charge < -0.3 is 5.32 Å². The number of nitrogens with zero attached hydrogens (tertiary/aromatic N) is 1. The van der Waals surface area contributed by atoms with Gasteiger partial charge in [-0.05, 0) is 6.92 Å². The molecule has 1 unspecified atom stereocenters. The number of rotatable bonds is 2. The molecule has 0 aromatic carbocycles. The zero-order chi connectivity index (χ0) is 10.6. The van der Waals surface area contributed by atoms with Gasteiger partial charge in [-0.2, -0.15) is 18.4 Å². The Hall–Kier alpha value is -1.32. The molecule has 0 fully saturated rings. The molecule has 1 N–H and O–H groups in total. The Bertz CT molecular complexity index is 232. The molecule has 0 aliphatic carbocycles. The molecule has 1 amide bonds. The van der Waals surface area contributed by atoms with E-state index in [-0.39, 0.29) is 0 Å². The second-order valence-electron chi connectivity index (χ2n) is 2.26. The maximum Gasteiger partial charge on any atom is 0.428 e. The molecule has 0 saturated carbocycles. The van der Waals surface area contributed by atoms with Crippen molar-refractivity contribution in [3.8, 4) is 6.07 Å². The van der Waals surface area contributed by atoms with Gasteiger partial charge in [-0.25, -0.2) is 4.39 Å². The lowest BCUT2D eigenvalue weighted by Gasteiger charge is -2.12. The molecular weight excluding hydrogens is 192 g/mol. The summed E-state index contributed by atoms with van der Waals surface area (Å²) in [6, 6.07) is 0.291. The maximum atomic E-state index is 12.2. The summed E-state index contributed by atoms with van der Waals surface area (Å²) in [5.41, 5.74) is 0. The highest BCUT2D eigenvalue weighted by Crippen LogP contribution is 2.22. The minimum absolute atomic E-state index is 1.14. The summed E-state index contributed by atoms with van der Waals surface area (Å²) in [4.78, 5) is 10.4. The monoisotopic (exact) mass is 198 g/mol. The lowest BCUT2D eigenvalue weighted by atomic mass is 10.3. The SMILES string of the molecule is C[C@H](C#N)NC(=O)C(F)C(F)(F)F. The third-order valence-corrected chi connectivity index (χ3v) is 1.07. The normalized spacial score (nSPS) is 15.7. The molecule has 0 aromatic heterocycles. The smallest absolute Gasteiger partial charge is 0.338 e. The van der Waals surface area contributed by atoms with E-state index in [0.717, 1.165) is 6.92 Å². The van der Waals surface area contributed by atoms with Crippen LogP contribution >= 0.6 is 0 Å². The fourth-order valence-corrected chi connectivity index (χ4v) is 0.467. The summed E-state index contributed by atoms with van der Waals surface area (Å²) in [6.07, 6.45) is -8.80. The van der Waals surface area contributed by atoms with Crippen molar-refractivity contribution in [1.82, 2.24) is 5.32 Å². The molecule has 0 radical (unpaired) electrons. The summed E-state index contributed by atoms with van der Waals surface area (Å²) in [5, 5.41) is 9.64. The fourth-order valence-electron chi connectivity index (χ4n) is 0.467. The van der Waals surface area contributed by atoms with Crippen LogP contribution in [0.25, 0.3) is 0 Å². The van der Waals surface area contributed by atoms with Gasteiger partial charge in [0.25, 0.3) is 12.1 Å². The first-order chi connectivity index (χ1) is 5.79. The van der Waals surface area contributed by atoms with E-state index in [1.807, 2.05) is 0 Å². The van der Waals surface area contributed by atoms with Gasteiger partial charge in [0.2, 0.25) is 0 Å². The lowest BCUT2D eigenvalue weighted by Crippen LogP contribution is -2.44. The number of carbonyl (C=O) groups is 1. The van der Waals surface area contributed by atoms with Gasteiger partial charge in [0, 0.05) is 0 Å². The van der Waals surface area contributed by atoms with E-state index in [2.05, 4.69) is 0 Å². The number of carbonyl (C=O) groups excluding carboxylic acids is 1. The lowest BCUT2D eigenvalue weighted by molar-refractivity contribution is -0.186. The third-order valence-electron chi connectivity index (χ3n) is 1.07. The highest BCUT2D eigenvalue weighted by atomic mass is 19.4. The summed E-state index contributed by atoms with van der Waals surface area (Å²) < 4.78 is 46.8. The Kier molecular flexibility index (Phi) is 3.66. The highest BCUT2D eigenvalue weighted by molar-refractivity contribution is 5.81. The van der Waals surface area contributed by atoms with Crippen LogP contribution in [0.2, 0.25) is 0 Å². The van der Waals surface area contributed by atoms with E-state index in [1.165, 1.54) is 6.07 Å². The van der Waals surface area contributed by atoms with Crippen molar-refractivity contribution in [2.75, 3.05) is 0 Å². The van der Waals surface area contributed by atoms with Crippen LogP contribution in [0.5, 0.6) is 0 Å². The largest absolute Gasteiger partial charge is 0.428 e. The second-order valence-corrected chi connectivity index (χ2v) is 2.26. The summed E-state index contributed by atoms with van der Waals surface area (Å²) >= 11 is 0. The molecule has 0 aromatic rings. The molecule has 2 atom stereocenters. The number of amides is 1. The molecule has 13 heavy (non-hydrogen) atoms. The predicted molar refractivity (Wildman–Crippen MR) is 34.2 cm³/mol. The average molecular weight is 198 g/mol. The fraction of sp³-hybridized carbons (Fsp3) is 0.667. The number of hydrogen-bond donors (Lipinski definition) is 1. The van der Waals surface area contributed by atoms with Crippen LogP contribution in [0, 0.1) is 11.3 Å². The van der Waals surface area contributed by atoms with E-state index >= 15 is 0 Å². The summed E-state index contributed by atoms with van der Waals surface area (Å²) in [5.74, 6) is -1.85. The number of hydrogen-bond acceptors (Lipinski definition) is 2. The maximum absolute atomic E-state index is 12.2. The summed E-state index contributed by atoms with van der Waals surface area (Å²) in [7, 11) is 0. The van der Waals surface area contributed by atoms with Crippen molar-refractivity contribution < 1.29 is 22.4 Å². The van der Waals surface area contributed by atoms with Gasteiger partial charge in [0.1, 0.15) is 6.04 Å². The first-order valence-corrected chi connectivity index (χ1v) is 3.19. The van der Waals surface area contributed by atoms with Gasteiger partial charge in [-0.15, -0.1) is 0 Å². The minimum atomic E-state index is -5.22. The average Bonchev–Trinajstić information content (AvgIpc) is 2.01. The van der Waals surface area contributed by atoms with Gasteiger partial charge in [0.05, 0.1) is 6.07 Å². The predicted octanol–water partition coefficient (Wildman–Crippen LogP) is 0.915. The number of nitriles is 1. The number of nitrogens with one attached hydrogen (secondary N) is 1. The molecule has 7 heteroatoms. The van der Waals surface area contributed by atoms with Crippen LogP contribution in [-0.2, 0) is 4.79 Å². The molecule has 0 rings (SSSR count). The Morgan fingerprint density at radius 2 is 2.00 bits per heavy atom. The Labute approximate surface area is 71.3 Å². The minimum Gasteiger partial charge on any atom is -0.338 e. The van der Waals surface area contributed by atoms with Crippen LogP contribution in [0.1, 0.15) is 6.92 Å². The van der Waals surface area contributed by atoms with E-state index in [4.69, 9.17) is 5.26 Å². The van der Waals surface area contributed by atoms with Crippen LogP contribution < -0.4 is 5.32 Å². The van der Waals surface area contributed by atoms with Crippen LogP contribution in [0.15, 0.2) is 0 Å². The molecule has 74 valence electrons. The van der Waals surface area contributed by atoms with Gasteiger partial charge in [0.15, 0.2) is 0 Å². The Balaban J connectivity index is 4.22. The summed E-state index contributed by atoms with van der Waals surface area (Å²) in [6.45, 7) is 1.14. The van der Waals surface area contributed by atoms with Crippen molar-refractivity contribution >= 4 is 5.91 Å². The molecule has 0 saturated heterocycles. The van der Waals surface area contributed by atoms with E-state index < -0.39 is 24.3 Å². The van der Waals surface area contributed by atoms with Crippen molar-refractivity contribution in [3.63, 3.8) is 0 Å². The first-order valence-electron chi connectivity index (χ1n) is 3.19. The van der Waals surface area contributed by atoms with E-state index in [0.29, 0.717) is 0 Å². The van der Waals surface area contributed by atoms with Crippen LogP contribution in [0.4, 0.5) is 17.6 Å². The van der Waals surface area contributed by atoms with Crippen molar-refractivity contribution in [3.05, 3.63) is 0 Å².